The third kappa shape index (κ3) is 1.65. The van der Waals surface area contributed by atoms with E-state index in [0.717, 1.165) is 28.6 Å². The van der Waals surface area contributed by atoms with Gasteiger partial charge < -0.3 is 0 Å². The Morgan fingerprint density at radius 2 is 2.19 bits per heavy atom. The third-order valence-electron chi connectivity index (χ3n) is 3.31. The summed E-state index contributed by atoms with van der Waals surface area (Å²) in [6.45, 7) is 0. The van der Waals surface area contributed by atoms with Crippen molar-refractivity contribution in [1.82, 2.24) is 4.98 Å². The smallest absolute Gasteiger partial charge is 0.167 e. The van der Waals surface area contributed by atoms with Crippen molar-refractivity contribution in [2.24, 2.45) is 5.92 Å². The first-order valence-electron chi connectivity index (χ1n) is 5.72. The van der Waals surface area contributed by atoms with Crippen LogP contribution < -0.4 is 0 Å². The molecule has 2 heterocycles. The van der Waals surface area contributed by atoms with Crippen LogP contribution in [0.3, 0.4) is 0 Å². The molecule has 0 amide bonds. The number of fused-ring (bicyclic) bond motifs is 1. The van der Waals surface area contributed by atoms with E-state index in [1.807, 2.05) is 17.5 Å². The van der Waals surface area contributed by atoms with Gasteiger partial charge >= 0.3 is 0 Å². The number of hydrogen-bond acceptors (Lipinski definition) is 3. The number of pyridine rings is 1. The Kier molecular flexibility index (Phi) is 2.48. The topological polar surface area (TPSA) is 30.0 Å². The van der Waals surface area contributed by atoms with Crippen LogP contribution in [0.5, 0.6) is 0 Å². The molecular formula is C13H13NOS. The van der Waals surface area contributed by atoms with Gasteiger partial charge in [-0.2, -0.15) is 0 Å². The molecule has 0 spiro atoms. The van der Waals surface area contributed by atoms with Crippen LogP contribution in [-0.4, -0.2) is 10.8 Å². The lowest BCUT2D eigenvalue weighted by molar-refractivity contribution is 0.0922. The SMILES string of the molecule is O=C(c1cnc2ccsc2c1)C1CCCC1. The second kappa shape index (κ2) is 3.98. The molecular weight excluding hydrogens is 218 g/mol. The van der Waals surface area contributed by atoms with Gasteiger partial charge in [-0.05, 0) is 30.4 Å². The van der Waals surface area contributed by atoms with E-state index in [4.69, 9.17) is 0 Å². The Morgan fingerprint density at radius 1 is 1.38 bits per heavy atom. The number of thiophene rings is 1. The first kappa shape index (κ1) is 9.97. The molecule has 3 rings (SSSR count). The lowest BCUT2D eigenvalue weighted by atomic mass is 9.97. The van der Waals surface area contributed by atoms with E-state index in [9.17, 15) is 4.79 Å². The summed E-state index contributed by atoms with van der Waals surface area (Å²) in [5.41, 5.74) is 1.79. The minimum absolute atomic E-state index is 0.249. The summed E-state index contributed by atoms with van der Waals surface area (Å²) in [6, 6.07) is 3.98. The van der Waals surface area contributed by atoms with Crippen molar-refractivity contribution in [3.63, 3.8) is 0 Å². The molecule has 0 bridgehead atoms. The first-order valence-corrected chi connectivity index (χ1v) is 6.60. The molecule has 1 aliphatic rings. The van der Waals surface area contributed by atoms with E-state index in [2.05, 4.69) is 4.98 Å². The number of hydrogen-bond donors (Lipinski definition) is 0. The van der Waals surface area contributed by atoms with Gasteiger partial charge in [0.15, 0.2) is 5.78 Å². The first-order chi connectivity index (χ1) is 7.84. The molecule has 0 aliphatic heterocycles. The number of rotatable bonds is 2. The molecule has 82 valence electrons. The van der Waals surface area contributed by atoms with E-state index in [1.54, 1.807) is 17.5 Å². The minimum atomic E-state index is 0.249. The Morgan fingerprint density at radius 3 is 3.00 bits per heavy atom. The molecule has 0 radical (unpaired) electrons. The van der Waals surface area contributed by atoms with Crippen LogP contribution in [0.2, 0.25) is 0 Å². The van der Waals surface area contributed by atoms with Gasteiger partial charge in [0, 0.05) is 17.7 Å². The average molecular weight is 231 g/mol. The molecule has 2 aromatic heterocycles. The van der Waals surface area contributed by atoms with Gasteiger partial charge in [-0.15, -0.1) is 11.3 Å². The maximum Gasteiger partial charge on any atom is 0.167 e. The fourth-order valence-electron chi connectivity index (χ4n) is 2.40. The second-order valence-corrected chi connectivity index (χ2v) is 5.32. The molecule has 2 nitrogen and oxygen atoms in total. The van der Waals surface area contributed by atoms with Crippen molar-refractivity contribution < 1.29 is 4.79 Å². The van der Waals surface area contributed by atoms with Crippen LogP contribution in [0.4, 0.5) is 0 Å². The number of carbonyl (C=O) groups excluding carboxylic acids is 1. The van der Waals surface area contributed by atoms with Gasteiger partial charge in [0.2, 0.25) is 0 Å². The zero-order valence-electron chi connectivity index (χ0n) is 8.98. The highest BCUT2D eigenvalue weighted by Crippen LogP contribution is 2.29. The average Bonchev–Trinajstić information content (AvgIpc) is 2.98. The lowest BCUT2D eigenvalue weighted by Gasteiger charge is -2.07. The van der Waals surface area contributed by atoms with Crippen molar-refractivity contribution >= 4 is 27.3 Å². The summed E-state index contributed by atoms with van der Waals surface area (Å²) < 4.78 is 1.11. The number of carbonyl (C=O) groups is 1. The van der Waals surface area contributed by atoms with E-state index in [1.165, 1.54) is 12.8 Å². The largest absolute Gasteiger partial charge is 0.294 e. The van der Waals surface area contributed by atoms with Crippen molar-refractivity contribution in [1.29, 1.82) is 0 Å². The molecule has 1 saturated carbocycles. The lowest BCUT2D eigenvalue weighted by Crippen LogP contribution is -2.11. The van der Waals surface area contributed by atoms with Gasteiger partial charge in [-0.25, -0.2) is 0 Å². The summed E-state index contributed by atoms with van der Waals surface area (Å²) in [5.74, 6) is 0.541. The van der Waals surface area contributed by atoms with Gasteiger partial charge in [0.05, 0.1) is 10.2 Å². The molecule has 2 aromatic rings. The molecule has 3 heteroatoms. The highest BCUT2D eigenvalue weighted by molar-refractivity contribution is 7.17. The van der Waals surface area contributed by atoms with Crippen LogP contribution in [0.15, 0.2) is 23.7 Å². The predicted molar refractivity (Wildman–Crippen MR) is 65.9 cm³/mol. The van der Waals surface area contributed by atoms with Gasteiger partial charge in [0.1, 0.15) is 0 Å². The van der Waals surface area contributed by atoms with Gasteiger partial charge in [-0.1, -0.05) is 12.8 Å². The molecule has 0 aromatic carbocycles. The third-order valence-corrected chi connectivity index (χ3v) is 4.17. The van der Waals surface area contributed by atoms with Crippen LogP contribution >= 0.6 is 11.3 Å². The standard InChI is InChI=1S/C13H13NOS/c15-13(9-3-1-2-4-9)10-7-12-11(14-8-10)5-6-16-12/h5-9H,1-4H2. The maximum atomic E-state index is 12.2. The monoisotopic (exact) mass is 231 g/mol. The fourth-order valence-corrected chi connectivity index (χ4v) is 3.18. The normalized spacial score (nSPS) is 17.0. The second-order valence-electron chi connectivity index (χ2n) is 4.37. The number of ketones is 1. The quantitative estimate of drug-likeness (QED) is 0.738. The molecule has 0 unspecified atom stereocenters. The molecule has 0 N–H and O–H groups in total. The van der Waals surface area contributed by atoms with Crippen molar-refractivity contribution in [2.45, 2.75) is 25.7 Å². The van der Waals surface area contributed by atoms with Crippen LogP contribution in [0, 0.1) is 5.92 Å². The number of aromatic nitrogens is 1. The number of nitrogens with zero attached hydrogens (tertiary/aromatic N) is 1. The van der Waals surface area contributed by atoms with Gasteiger partial charge in [-0.3, -0.25) is 9.78 Å². The van der Waals surface area contributed by atoms with Crippen LogP contribution in [-0.2, 0) is 0 Å². The van der Waals surface area contributed by atoms with Crippen molar-refractivity contribution in [3.05, 3.63) is 29.3 Å². The zero-order valence-corrected chi connectivity index (χ0v) is 9.80. The molecule has 0 saturated heterocycles. The summed E-state index contributed by atoms with van der Waals surface area (Å²) in [6.07, 6.45) is 6.24. The Balaban J connectivity index is 1.95. The highest BCUT2D eigenvalue weighted by atomic mass is 32.1. The highest BCUT2D eigenvalue weighted by Gasteiger charge is 2.24. The number of Topliss-reactive ketones (excluding diaryl/α,β-unsaturated/α-hetero) is 1. The molecule has 16 heavy (non-hydrogen) atoms. The Labute approximate surface area is 98.3 Å². The zero-order chi connectivity index (χ0) is 11.0. The van der Waals surface area contributed by atoms with E-state index in [-0.39, 0.29) is 5.92 Å². The summed E-state index contributed by atoms with van der Waals surface area (Å²) in [4.78, 5) is 16.5. The molecule has 0 atom stereocenters. The van der Waals surface area contributed by atoms with E-state index < -0.39 is 0 Å². The Bertz CT molecular complexity index is 525. The van der Waals surface area contributed by atoms with Crippen molar-refractivity contribution in [3.8, 4) is 0 Å². The summed E-state index contributed by atoms with van der Waals surface area (Å²) in [7, 11) is 0. The maximum absolute atomic E-state index is 12.2. The van der Waals surface area contributed by atoms with E-state index in [0.29, 0.717) is 5.78 Å². The summed E-state index contributed by atoms with van der Waals surface area (Å²) >= 11 is 1.65. The van der Waals surface area contributed by atoms with Crippen molar-refractivity contribution in [2.75, 3.05) is 0 Å². The Hall–Kier alpha value is -1.22. The molecule has 1 aliphatic carbocycles. The van der Waals surface area contributed by atoms with E-state index >= 15 is 0 Å². The van der Waals surface area contributed by atoms with Gasteiger partial charge in [0.25, 0.3) is 0 Å². The van der Waals surface area contributed by atoms with Crippen LogP contribution in [0.1, 0.15) is 36.0 Å². The predicted octanol–water partition coefficient (Wildman–Crippen LogP) is 3.67. The molecule has 1 fully saturated rings. The van der Waals surface area contributed by atoms with Crippen LogP contribution in [0.25, 0.3) is 10.2 Å². The minimum Gasteiger partial charge on any atom is -0.294 e. The summed E-state index contributed by atoms with van der Waals surface area (Å²) in [5, 5.41) is 2.02. The fraction of sp³-hybridized carbons (Fsp3) is 0.385.